The number of unbranched alkanes of at least 4 members (excludes halogenated alkanes) is 10. The molecule has 0 amide bonds. The van der Waals surface area contributed by atoms with Crippen LogP contribution in [0.3, 0.4) is 0 Å². The van der Waals surface area contributed by atoms with E-state index in [0.29, 0.717) is 11.5 Å². The largest absolute Gasteiger partial charge is 0.452 e. The van der Waals surface area contributed by atoms with Crippen molar-refractivity contribution in [3.8, 4) is 23.0 Å². The Morgan fingerprint density at radius 3 is 1.35 bits per heavy atom. The van der Waals surface area contributed by atoms with Gasteiger partial charge in [0.25, 0.3) is 0 Å². The molecule has 52 heavy (non-hydrogen) atoms. The van der Waals surface area contributed by atoms with Crippen LogP contribution in [0.15, 0.2) is 94.9 Å². The van der Waals surface area contributed by atoms with Gasteiger partial charge in [0.05, 0.1) is 21.8 Å². The zero-order chi connectivity index (χ0) is 35.0. The maximum atomic E-state index is 6.81. The molecule has 0 N–H and O–H groups in total. The lowest BCUT2D eigenvalue weighted by molar-refractivity contribution is 0.456. The van der Waals surface area contributed by atoms with E-state index in [4.69, 9.17) is 19.5 Å². The number of nitrogens with zero attached hydrogens (tertiary/aromatic N) is 4. The smallest absolute Gasteiger partial charge is 0.163 e. The van der Waals surface area contributed by atoms with Gasteiger partial charge < -0.3 is 18.6 Å². The fourth-order valence-electron chi connectivity index (χ4n) is 8.51. The topological polar surface area (TPSA) is 53.0 Å². The average molecular weight is 689 g/mol. The van der Waals surface area contributed by atoms with Gasteiger partial charge >= 0.3 is 0 Å². The lowest BCUT2D eigenvalue weighted by Gasteiger charge is -2.19. The van der Waals surface area contributed by atoms with Gasteiger partial charge in [0.15, 0.2) is 23.0 Å². The second kappa shape index (κ2) is 14.1. The van der Waals surface area contributed by atoms with Gasteiger partial charge in [0.1, 0.15) is 22.1 Å². The van der Waals surface area contributed by atoms with Crippen LogP contribution < -0.4 is 20.2 Å². The molecule has 2 aliphatic rings. The maximum absolute atomic E-state index is 6.81. The Kier molecular flexibility index (Phi) is 8.91. The Bertz CT molecular complexity index is 2400. The molecule has 6 nitrogen and oxygen atoms in total. The minimum absolute atomic E-state index is 0.707. The minimum Gasteiger partial charge on any atom is -0.452 e. The van der Waals surface area contributed by atoms with E-state index in [0.717, 1.165) is 57.5 Å². The number of rotatable bonds is 14. The summed E-state index contributed by atoms with van der Waals surface area (Å²) in [6.45, 7) is 6.54. The van der Waals surface area contributed by atoms with Crippen LogP contribution in [-0.2, 0) is 13.1 Å². The quantitative estimate of drug-likeness (QED) is 0.107. The van der Waals surface area contributed by atoms with Gasteiger partial charge in [-0.3, -0.25) is 0 Å². The van der Waals surface area contributed by atoms with Crippen molar-refractivity contribution in [1.29, 1.82) is 0 Å². The summed E-state index contributed by atoms with van der Waals surface area (Å²) in [6, 6.07) is 30.1. The number of para-hydroxylation sites is 2. The van der Waals surface area contributed by atoms with Gasteiger partial charge in [-0.1, -0.05) is 114 Å². The molecule has 9 rings (SSSR count). The van der Waals surface area contributed by atoms with E-state index in [1.54, 1.807) is 0 Å². The second-order valence-electron chi connectivity index (χ2n) is 14.7. The van der Waals surface area contributed by atoms with Crippen molar-refractivity contribution in [2.75, 3.05) is 0 Å². The third kappa shape index (κ3) is 5.73. The summed E-state index contributed by atoms with van der Waals surface area (Å²) >= 11 is 0. The minimum atomic E-state index is 0.707. The van der Waals surface area contributed by atoms with Gasteiger partial charge in [0.2, 0.25) is 0 Å². The zero-order valence-electron chi connectivity index (χ0n) is 30.6. The van der Waals surface area contributed by atoms with Gasteiger partial charge in [-0.25, -0.2) is 9.98 Å². The van der Waals surface area contributed by atoms with E-state index in [-0.39, 0.29) is 0 Å². The van der Waals surface area contributed by atoms with Crippen LogP contribution in [0.4, 0.5) is 11.4 Å². The van der Waals surface area contributed by atoms with Crippen molar-refractivity contribution >= 4 is 55.0 Å². The SMILES string of the molecule is CCCCCCCCn1c2ccccc2c2c3c(ccc21)N=c1cc2c(cc1O3)=Nc1ccc3c(c1O2)c1ccccc1n3CCCCCCCC. The highest BCUT2D eigenvalue weighted by Gasteiger charge is 2.25. The first-order chi connectivity index (χ1) is 25.7. The second-order valence-corrected chi connectivity index (χ2v) is 14.7. The molecule has 5 aromatic carbocycles. The normalized spacial score (nSPS) is 13.0. The number of aromatic nitrogens is 2. The number of benzene rings is 5. The Morgan fingerprint density at radius 2 is 0.885 bits per heavy atom. The molecule has 0 spiro atoms. The number of hydrogen-bond donors (Lipinski definition) is 0. The molecule has 0 unspecified atom stereocenters. The maximum Gasteiger partial charge on any atom is 0.163 e. The lowest BCUT2D eigenvalue weighted by Crippen LogP contribution is -2.18. The van der Waals surface area contributed by atoms with Crippen LogP contribution in [0.5, 0.6) is 23.0 Å². The summed E-state index contributed by atoms with van der Waals surface area (Å²) in [4.78, 5) is 10.3. The summed E-state index contributed by atoms with van der Waals surface area (Å²) in [5, 5.41) is 6.20. The van der Waals surface area contributed by atoms with E-state index >= 15 is 0 Å². The number of hydrogen-bond acceptors (Lipinski definition) is 4. The molecular formula is C46H48N4O2. The first-order valence-electron chi connectivity index (χ1n) is 19.8. The molecule has 4 heterocycles. The van der Waals surface area contributed by atoms with E-state index in [2.05, 4.69) is 95.8 Å². The van der Waals surface area contributed by atoms with E-state index in [1.807, 2.05) is 12.1 Å². The molecule has 0 saturated heterocycles. The number of ether oxygens (including phenoxy) is 2. The summed E-state index contributed by atoms with van der Waals surface area (Å²) in [5.41, 5.74) is 6.59. The highest BCUT2D eigenvalue weighted by Crippen LogP contribution is 2.47. The standard InChI is InChI=1S/C46H48N4O2/c1-3-5-7-9-11-17-27-49-37-21-15-13-19-31(37)43-39(49)25-23-33-45(43)51-41-29-36-42(30-35(41)47-33)52-46-34(48-36)24-26-40-44(46)32-20-14-16-22-38(32)50(40)28-18-12-10-8-6-4-2/h13-16,19-26,29-30H,3-12,17-18,27-28H2,1-2H3. The van der Waals surface area contributed by atoms with Crippen molar-refractivity contribution in [2.45, 2.75) is 104 Å². The Labute approximate surface area is 305 Å². The summed E-state index contributed by atoms with van der Waals surface area (Å²) < 4.78 is 18.6. The molecule has 0 atom stereocenters. The van der Waals surface area contributed by atoms with Crippen LogP contribution in [0.25, 0.3) is 43.6 Å². The molecule has 7 aromatic rings. The van der Waals surface area contributed by atoms with Gasteiger partial charge in [-0.2, -0.15) is 0 Å². The van der Waals surface area contributed by atoms with Gasteiger partial charge in [0, 0.05) is 47.0 Å². The molecule has 2 aliphatic heterocycles. The Morgan fingerprint density at radius 1 is 0.462 bits per heavy atom. The number of fused-ring (bicyclic) bond motifs is 12. The first kappa shape index (κ1) is 32.8. The lowest BCUT2D eigenvalue weighted by atomic mass is 10.1. The van der Waals surface area contributed by atoms with Gasteiger partial charge in [-0.05, 0) is 49.2 Å². The molecule has 0 bridgehead atoms. The van der Waals surface area contributed by atoms with Crippen molar-refractivity contribution in [2.24, 2.45) is 9.98 Å². The third-order valence-electron chi connectivity index (χ3n) is 11.2. The van der Waals surface area contributed by atoms with Crippen LogP contribution in [0.2, 0.25) is 0 Å². The molecule has 264 valence electrons. The summed E-state index contributed by atoms with van der Waals surface area (Å²) in [6.07, 6.45) is 15.3. The molecule has 0 fully saturated rings. The zero-order valence-corrected chi connectivity index (χ0v) is 30.6. The van der Waals surface area contributed by atoms with Crippen molar-refractivity contribution in [1.82, 2.24) is 9.13 Å². The first-order valence-corrected chi connectivity index (χ1v) is 19.8. The molecule has 6 heteroatoms. The predicted octanol–water partition coefficient (Wildman–Crippen LogP) is 12.7. The summed E-state index contributed by atoms with van der Waals surface area (Å²) in [5.74, 6) is 3.05. The molecule has 0 radical (unpaired) electrons. The van der Waals surface area contributed by atoms with Crippen LogP contribution in [-0.4, -0.2) is 9.13 Å². The van der Waals surface area contributed by atoms with Crippen LogP contribution in [0, 0.1) is 0 Å². The monoisotopic (exact) mass is 688 g/mol. The van der Waals surface area contributed by atoms with E-state index < -0.39 is 0 Å². The highest BCUT2D eigenvalue weighted by atomic mass is 16.5. The highest BCUT2D eigenvalue weighted by molar-refractivity contribution is 6.14. The fourth-order valence-corrected chi connectivity index (χ4v) is 8.51. The fraction of sp³-hybridized carbons (Fsp3) is 0.348. The molecule has 0 aliphatic carbocycles. The van der Waals surface area contributed by atoms with Crippen molar-refractivity contribution in [3.63, 3.8) is 0 Å². The van der Waals surface area contributed by atoms with Gasteiger partial charge in [-0.15, -0.1) is 0 Å². The van der Waals surface area contributed by atoms with Crippen LogP contribution in [0.1, 0.15) is 90.9 Å². The molecule has 2 aromatic heterocycles. The molecular weight excluding hydrogens is 641 g/mol. The van der Waals surface area contributed by atoms with E-state index in [9.17, 15) is 0 Å². The van der Waals surface area contributed by atoms with Crippen LogP contribution >= 0.6 is 0 Å². The van der Waals surface area contributed by atoms with Crippen molar-refractivity contribution in [3.05, 3.63) is 95.6 Å². The Balaban J connectivity index is 1.06. The predicted molar refractivity (Wildman–Crippen MR) is 214 cm³/mol. The van der Waals surface area contributed by atoms with Crippen molar-refractivity contribution < 1.29 is 9.47 Å². The average Bonchev–Trinajstić information content (AvgIpc) is 3.67. The Hall–Kier alpha value is -5.10. The summed E-state index contributed by atoms with van der Waals surface area (Å²) in [7, 11) is 0. The molecule has 0 saturated carbocycles. The third-order valence-corrected chi connectivity index (χ3v) is 11.2. The van der Waals surface area contributed by atoms with E-state index in [1.165, 1.54) is 110 Å². The number of aryl methyl sites for hydroxylation is 2.